The molecule has 0 aromatic heterocycles. The van der Waals surface area contributed by atoms with Crippen molar-refractivity contribution in [1.82, 2.24) is 5.32 Å². The van der Waals surface area contributed by atoms with E-state index in [2.05, 4.69) is 43.4 Å². The van der Waals surface area contributed by atoms with Gasteiger partial charge in [0, 0.05) is 6.04 Å². The lowest BCUT2D eigenvalue weighted by Gasteiger charge is -2.13. The van der Waals surface area contributed by atoms with Gasteiger partial charge in [-0.3, -0.25) is 0 Å². The molecule has 0 aliphatic carbocycles. The van der Waals surface area contributed by atoms with Crippen molar-refractivity contribution in [1.29, 1.82) is 0 Å². The van der Waals surface area contributed by atoms with Crippen LogP contribution in [0.1, 0.15) is 44.7 Å². The molecule has 2 rings (SSSR count). The van der Waals surface area contributed by atoms with Crippen LogP contribution < -0.4 is 10.1 Å². The molecular weight excluding hydrogens is 210 g/mol. The third-order valence-electron chi connectivity index (χ3n) is 3.38. The maximum absolute atomic E-state index is 5.75. The van der Waals surface area contributed by atoms with E-state index in [1.165, 1.54) is 18.4 Å². The number of nitrogens with one attached hydrogen (secondary N) is 1. The molecule has 1 saturated heterocycles. The Morgan fingerprint density at radius 3 is 3.00 bits per heavy atom. The average Bonchev–Trinajstić information content (AvgIpc) is 2.77. The minimum atomic E-state index is 0.514. The van der Waals surface area contributed by atoms with Gasteiger partial charge in [0.2, 0.25) is 0 Å². The molecule has 0 saturated carbocycles. The summed E-state index contributed by atoms with van der Waals surface area (Å²) in [7, 11) is 0. The van der Waals surface area contributed by atoms with Gasteiger partial charge in [0.1, 0.15) is 5.75 Å². The summed E-state index contributed by atoms with van der Waals surface area (Å²) in [6, 6.07) is 9.05. The van der Waals surface area contributed by atoms with E-state index in [1.807, 2.05) is 0 Å². The zero-order chi connectivity index (χ0) is 12.1. The van der Waals surface area contributed by atoms with Crippen LogP contribution in [-0.4, -0.2) is 13.2 Å². The van der Waals surface area contributed by atoms with Gasteiger partial charge in [0.25, 0.3) is 0 Å². The number of unbranched alkanes of at least 4 members (excludes halogenated alkanes) is 1. The Morgan fingerprint density at radius 2 is 2.29 bits per heavy atom. The van der Waals surface area contributed by atoms with Crippen LogP contribution in [0.15, 0.2) is 24.3 Å². The Balaban J connectivity index is 1.96. The van der Waals surface area contributed by atoms with Gasteiger partial charge >= 0.3 is 0 Å². The fourth-order valence-electron chi connectivity index (χ4n) is 2.32. The van der Waals surface area contributed by atoms with Gasteiger partial charge < -0.3 is 10.1 Å². The molecule has 1 aromatic rings. The maximum atomic E-state index is 5.75. The smallest absolute Gasteiger partial charge is 0.119 e. The van der Waals surface area contributed by atoms with Gasteiger partial charge in [-0.1, -0.05) is 32.4 Å². The highest BCUT2D eigenvalue weighted by atomic mass is 16.5. The predicted molar refractivity (Wildman–Crippen MR) is 71.4 cm³/mol. The molecule has 1 aliphatic heterocycles. The lowest BCUT2D eigenvalue weighted by Crippen LogP contribution is -2.13. The van der Waals surface area contributed by atoms with Crippen molar-refractivity contribution in [2.24, 2.45) is 5.92 Å². The maximum Gasteiger partial charge on any atom is 0.119 e. The van der Waals surface area contributed by atoms with Crippen LogP contribution in [0, 0.1) is 5.92 Å². The van der Waals surface area contributed by atoms with Crippen LogP contribution in [0.4, 0.5) is 0 Å². The Kier molecular flexibility index (Phi) is 4.43. The number of hydrogen-bond donors (Lipinski definition) is 1. The molecule has 1 aromatic carbocycles. The Bertz CT molecular complexity index is 351. The van der Waals surface area contributed by atoms with Crippen LogP contribution >= 0.6 is 0 Å². The molecule has 1 heterocycles. The van der Waals surface area contributed by atoms with Crippen molar-refractivity contribution >= 4 is 0 Å². The molecule has 1 fully saturated rings. The van der Waals surface area contributed by atoms with Crippen molar-refractivity contribution in [2.75, 3.05) is 13.2 Å². The van der Waals surface area contributed by atoms with E-state index in [9.17, 15) is 0 Å². The van der Waals surface area contributed by atoms with Crippen LogP contribution in [0.3, 0.4) is 0 Å². The first-order valence-corrected chi connectivity index (χ1v) is 6.75. The summed E-state index contributed by atoms with van der Waals surface area (Å²) in [4.78, 5) is 0. The number of hydrogen-bond acceptors (Lipinski definition) is 2. The average molecular weight is 233 g/mol. The fourth-order valence-corrected chi connectivity index (χ4v) is 2.32. The van der Waals surface area contributed by atoms with E-state index >= 15 is 0 Å². The molecule has 2 nitrogen and oxygen atoms in total. The first kappa shape index (κ1) is 12.4. The second-order valence-electron chi connectivity index (χ2n) is 5.08. The van der Waals surface area contributed by atoms with E-state index in [-0.39, 0.29) is 0 Å². The summed E-state index contributed by atoms with van der Waals surface area (Å²) in [5.41, 5.74) is 1.36. The molecular formula is C15H23NO. The van der Waals surface area contributed by atoms with E-state index < -0.39 is 0 Å². The zero-order valence-corrected chi connectivity index (χ0v) is 10.9. The second kappa shape index (κ2) is 6.06. The van der Waals surface area contributed by atoms with Gasteiger partial charge in [-0.25, -0.2) is 0 Å². The third-order valence-corrected chi connectivity index (χ3v) is 3.38. The topological polar surface area (TPSA) is 21.3 Å². The van der Waals surface area contributed by atoms with Gasteiger partial charge in [-0.15, -0.1) is 0 Å². The summed E-state index contributed by atoms with van der Waals surface area (Å²) < 4.78 is 5.75. The molecule has 1 aliphatic rings. The van der Waals surface area contributed by atoms with Crippen molar-refractivity contribution in [2.45, 2.75) is 39.2 Å². The monoisotopic (exact) mass is 233 g/mol. The molecule has 0 amide bonds. The molecule has 0 bridgehead atoms. The highest BCUT2D eigenvalue weighted by Crippen LogP contribution is 2.28. The third kappa shape index (κ3) is 3.47. The molecule has 0 radical (unpaired) electrons. The summed E-state index contributed by atoms with van der Waals surface area (Å²) >= 11 is 0. The minimum Gasteiger partial charge on any atom is -0.494 e. The largest absolute Gasteiger partial charge is 0.494 e. The van der Waals surface area contributed by atoms with Gasteiger partial charge in [-0.05, 0) is 43.0 Å². The van der Waals surface area contributed by atoms with Crippen LogP contribution in [0.2, 0.25) is 0 Å². The first-order chi connectivity index (χ1) is 8.29. The van der Waals surface area contributed by atoms with Crippen molar-refractivity contribution < 1.29 is 4.74 Å². The number of benzene rings is 1. The summed E-state index contributed by atoms with van der Waals surface area (Å²) in [5, 5.41) is 3.56. The summed E-state index contributed by atoms with van der Waals surface area (Å²) in [5.74, 6) is 1.79. The lowest BCUT2D eigenvalue weighted by atomic mass is 10.0. The molecule has 94 valence electrons. The predicted octanol–water partition coefficient (Wildman–Crippen LogP) is 3.54. The van der Waals surface area contributed by atoms with Crippen LogP contribution in [-0.2, 0) is 0 Å². The SMILES string of the molecule is CCCCOc1cccc([C@H]2C[C@@H](C)CN2)c1. The van der Waals surface area contributed by atoms with Crippen molar-refractivity contribution in [3.63, 3.8) is 0 Å². The minimum absolute atomic E-state index is 0.514. The first-order valence-electron chi connectivity index (χ1n) is 6.75. The Labute approximate surface area is 104 Å². The van der Waals surface area contributed by atoms with E-state index in [4.69, 9.17) is 4.74 Å². The molecule has 1 N–H and O–H groups in total. The van der Waals surface area contributed by atoms with Crippen molar-refractivity contribution in [3.8, 4) is 5.75 Å². The number of rotatable bonds is 5. The molecule has 0 unspecified atom stereocenters. The van der Waals surface area contributed by atoms with Crippen LogP contribution in [0.5, 0.6) is 5.75 Å². The highest BCUT2D eigenvalue weighted by Gasteiger charge is 2.21. The normalized spacial score (nSPS) is 23.9. The quantitative estimate of drug-likeness (QED) is 0.785. The fraction of sp³-hybridized carbons (Fsp3) is 0.600. The summed E-state index contributed by atoms with van der Waals surface area (Å²) in [6.45, 7) is 6.44. The zero-order valence-electron chi connectivity index (χ0n) is 10.9. The van der Waals surface area contributed by atoms with E-state index in [0.717, 1.165) is 31.2 Å². The molecule has 17 heavy (non-hydrogen) atoms. The Hall–Kier alpha value is -1.02. The van der Waals surface area contributed by atoms with Crippen LogP contribution in [0.25, 0.3) is 0 Å². The highest BCUT2D eigenvalue weighted by molar-refractivity contribution is 5.31. The number of ether oxygens (including phenoxy) is 1. The Morgan fingerprint density at radius 1 is 1.41 bits per heavy atom. The second-order valence-corrected chi connectivity index (χ2v) is 5.08. The van der Waals surface area contributed by atoms with Gasteiger partial charge in [0.05, 0.1) is 6.61 Å². The van der Waals surface area contributed by atoms with E-state index in [1.54, 1.807) is 0 Å². The van der Waals surface area contributed by atoms with E-state index in [0.29, 0.717) is 6.04 Å². The van der Waals surface area contributed by atoms with Crippen molar-refractivity contribution in [3.05, 3.63) is 29.8 Å². The standard InChI is InChI=1S/C15H23NO/c1-3-4-8-17-14-7-5-6-13(10-14)15-9-12(2)11-16-15/h5-7,10,12,15-16H,3-4,8-9,11H2,1-2H3/t12-,15-/m1/s1. The molecule has 2 atom stereocenters. The lowest BCUT2D eigenvalue weighted by molar-refractivity contribution is 0.309. The molecule has 2 heteroatoms. The van der Waals surface area contributed by atoms with Gasteiger partial charge in [0.15, 0.2) is 0 Å². The molecule has 0 spiro atoms. The van der Waals surface area contributed by atoms with Gasteiger partial charge in [-0.2, -0.15) is 0 Å². The summed E-state index contributed by atoms with van der Waals surface area (Å²) in [6.07, 6.45) is 3.54.